The number of alkyl halides is 1. The highest BCUT2D eigenvalue weighted by molar-refractivity contribution is 6.19. The summed E-state index contributed by atoms with van der Waals surface area (Å²) in [5.41, 5.74) is 1.44. The van der Waals surface area contributed by atoms with E-state index in [4.69, 9.17) is 11.6 Å². The molecule has 1 fully saturated rings. The SMILES string of the molecule is ClCC1(C=NCc2ccccc2)CCCCC1. The lowest BCUT2D eigenvalue weighted by Crippen LogP contribution is -2.27. The summed E-state index contributed by atoms with van der Waals surface area (Å²) < 4.78 is 0. The smallest absolute Gasteiger partial charge is 0.0636 e. The van der Waals surface area contributed by atoms with Gasteiger partial charge >= 0.3 is 0 Å². The molecule has 1 saturated carbocycles. The normalized spacial score (nSPS) is 19.6. The Hall–Kier alpha value is -0.820. The third-order valence-corrected chi connectivity index (χ3v) is 4.13. The van der Waals surface area contributed by atoms with E-state index in [1.807, 2.05) is 6.07 Å². The van der Waals surface area contributed by atoms with E-state index < -0.39 is 0 Å². The molecule has 1 aliphatic rings. The predicted molar refractivity (Wildman–Crippen MR) is 74.9 cm³/mol. The third kappa shape index (κ3) is 3.57. The van der Waals surface area contributed by atoms with Crippen LogP contribution in [0.3, 0.4) is 0 Å². The van der Waals surface area contributed by atoms with Gasteiger partial charge in [0, 0.05) is 17.5 Å². The van der Waals surface area contributed by atoms with Crippen LogP contribution in [0.15, 0.2) is 35.3 Å². The molecule has 17 heavy (non-hydrogen) atoms. The van der Waals surface area contributed by atoms with E-state index in [9.17, 15) is 0 Å². The fraction of sp³-hybridized carbons (Fsp3) is 0.533. The standard InChI is InChI=1S/C15H20ClN/c16-12-15(9-5-2-6-10-15)13-17-11-14-7-3-1-4-8-14/h1,3-4,7-8,13H,2,5-6,9-12H2. The average molecular weight is 250 g/mol. The molecule has 0 aromatic heterocycles. The summed E-state index contributed by atoms with van der Waals surface area (Å²) in [6, 6.07) is 10.4. The summed E-state index contributed by atoms with van der Waals surface area (Å²) in [7, 11) is 0. The first-order chi connectivity index (χ1) is 8.35. The van der Waals surface area contributed by atoms with Crippen LogP contribution < -0.4 is 0 Å². The van der Waals surface area contributed by atoms with Crippen molar-refractivity contribution in [3.05, 3.63) is 35.9 Å². The Balaban J connectivity index is 1.94. The molecule has 2 rings (SSSR count). The third-order valence-electron chi connectivity index (χ3n) is 3.60. The van der Waals surface area contributed by atoms with Crippen LogP contribution in [0, 0.1) is 5.41 Å². The Morgan fingerprint density at radius 2 is 1.82 bits per heavy atom. The minimum Gasteiger partial charge on any atom is -0.292 e. The van der Waals surface area contributed by atoms with Crippen LogP contribution >= 0.6 is 11.6 Å². The second-order valence-electron chi connectivity index (χ2n) is 5.01. The highest BCUT2D eigenvalue weighted by atomic mass is 35.5. The lowest BCUT2D eigenvalue weighted by Gasteiger charge is -2.31. The Bertz CT molecular complexity index is 352. The Kier molecular flexibility index (Phi) is 4.61. The molecule has 0 bridgehead atoms. The molecular formula is C15H20ClN. The van der Waals surface area contributed by atoms with Crippen molar-refractivity contribution in [1.82, 2.24) is 0 Å². The maximum absolute atomic E-state index is 6.13. The molecule has 0 N–H and O–H groups in total. The van der Waals surface area contributed by atoms with E-state index >= 15 is 0 Å². The second-order valence-corrected chi connectivity index (χ2v) is 5.28. The largest absolute Gasteiger partial charge is 0.292 e. The van der Waals surface area contributed by atoms with Crippen molar-refractivity contribution in [2.45, 2.75) is 38.6 Å². The molecule has 0 radical (unpaired) electrons. The summed E-state index contributed by atoms with van der Waals surface area (Å²) in [5, 5.41) is 0. The van der Waals surface area contributed by atoms with Crippen LogP contribution in [-0.4, -0.2) is 12.1 Å². The van der Waals surface area contributed by atoms with E-state index in [2.05, 4.69) is 35.5 Å². The van der Waals surface area contributed by atoms with Crippen molar-refractivity contribution in [3.63, 3.8) is 0 Å². The molecule has 0 aliphatic heterocycles. The predicted octanol–water partition coefficient (Wildman–Crippen LogP) is 4.45. The molecule has 0 amide bonds. The van der Waals surface area contributed by atoms with Crippen molar-refractivity contribution in [1.29, 1.82) is 0 Å². The minimum atomic E-state index is 0.175. The zero-order valence-electron chi connectivity index (χ0n) is 10.2. The summed E-state index contributed by atoms with van der Waals surface area (Å²) in [6.07, 6.45) is 8.48. The second kappa shape index (κ2) is 6.20. The van der Waals surface area contributed by atoms with Crippen LogP contribution in [0.25, 0.3) is 0 Å². The van der Waals surface area contributed by atoms with Gasteiger partial charge < -0.3 is 0 Å². The van der Waals surface area contributed by atoms with Crippen LogP contribution in [0.1, 0.15) is 37.7 Å². The molecule has 1 aliphatic carbocycles. The molecular weight excluding hydrogens is 230 g/mol. The Morgan fingerprint density at radius 1 is 1.12 bits per heavy atom. The summed E-state index contributed by atoms with van der Waals surface area (Å²) in [4.78, 5) is 4.60. The molecule has 92 valence electrons. The number of hydrogen-bond acceptors (Lipinski definition) is 1. The number of rotatable bonds is 4. The van der Waals surface area contributed by atoms with Gasteiger partial charge in [-0.25, -0.2) is 0 Å². The molecule has 1 nitrogen and oxygen atoms in total. The quantitative estimate of drug-likeness (QED) is 0.552. The first-order valence-electron chi connectivity index (χ1n) is 6.46. The van der Waals surface area contributed by atoms with E-state index in [0.29, 0.717) is 5.88 Å². The monoisotopic (exact) mass is 249 g/mol. The van der Waals surface area contributed by atoms with Crippen LogP contribution in [0.5, 0.6) is 0 Å². The molecule has 0 spiro atoms. The molecule has 0 heterocycles. The summed E-state index contributed by atoms with van der Waals surface area (Å²) in [5.74, 6) is 0.714. The van der Waals surface area contributed by atoms with Gasteiger partial charge in [-0.15, -0.1) is 11.6 Å². The first kappa shape index (κ1) is 12.6. The van der Waals surface area contributed by atoms with Crippen molar-refractivity contribution in [3.8, 4) is 0 Å². The van der Waals surface area contributed by atoms with Crippen molar-refractivity contribution >= 4 is 17.8 Å². The minimum absolute atomic E-state index is 0.175. The van der Waals surface area contributed by atoms with Gasteiger partial charge in [0.2, 0.25) is 0 Å². The Morgan fingerprint density at radius 3 is 2.47 bits per heavy atom. The Labute approximate surface area is 109 Å². The van der Waals surface area contributed by atoms with Crippen LogP contribution in [0.2, 0.25) is 0 Å². The highest BCUT2D eigenvalue weighted by Gasteiger charge is 2.29. The van der Waals surface area contributed by atoms with Gasteiger partial charge in [-0.1, -0.05) is 49.6 Å². The topological polar surface area (TPSA) is 12.4 Å². The van der Waals surface area contributed by atoms with Crippen LogP contribution in [-0.2, 0) is 6.54 Å². The van der Waals surface area contributed by atoms with Gasteiger partial charge in [0.05, 0.1) is 6.54 Å². The van der Waals surface area contributed by atoms with Crippen molar-refractivity contribution in [2.75, 3.05) is 5.88 Å². The van der Waals surface area contributed by atoms with E-state index in [-0.39, 0.29) is 5.41 Å². The molecule has 1 aromatic carbocycles. The van der Waals surface area contributed by atoms with Gasteiger partial charge in [-0.3, -0.25) is 4.99 Å². The van der Waals surface area contributed by atoms with Gasteiger partial charge in [0.25, 0.3) is 0 Å². The van der Waals surface area contributed by atoms with Gasteiger partial charge in [-0.05, 0) is 18.4 Å². The van der Waals surface area contributed by atoms with Gasteiger partial charge in [0.15, 0.2) is 0 Å². The number of nitrogens with zero attached hydrogens (tertiary/aromatic N) is 1. The summed E-state index contributed by atoms with van der Waals surface area (Å²) >= 11 is 6.13. The van der Waals surface area contributed by atoms with Crippen LogP contribution in [0.4, 0.5) is 0 Å². The zero-order chi connectivity index (χ0) is 12.0. The lowest BCUT2D eigenvalue weighted by atomic mass is 9.76. The number of benzene rings is 1. The van der Waals surface area contributed by atoms with Crippen molar-refractivity contribution < 1.29 is 0 Å². The highest BCUT2D eigenvalue weighted by Crippen LogP contribution is 2.35. The molecule has 1 aromatic rings. The van der Waals surface area contributed by atoms with E-state index in [0.717, 1.165) is 6.54 Å². The number of aliphatic imine (C=N–C) groups is 1. The van der Waals surface area contributed by atoms with E-state index in [1.165, 1.54) is 37.7 Å². The molecule has 2 heteroatoms. The maximum Gasteiger partial charge on any atom is 0.0636 e. The van der Waals surface area contributed by atoms with E-state index in [1.54, 1.807) is 0 Å². The lowest BCUT2D eigenvalue weighted by molar-refractivity contribution is 0.323. The fourth-order valence-corrected chi connectivity index (χ4v) is 2.82. The van der Waals surface area contributed by atoms with Gasteiger partial charge in [-0.2, -0.15) is 0 Å². The molecule has 0 atom stereocenters. The number of hydrogen-bond donors (Lipinski definition) is 0. The van der Waals surface area contributed by atoms with Gasteiger partial charge in [0.1, 0.15) is 0 Å². The molecule has 0 unspecified atom stereocenters. The van der Waals surface area contributed by atoms with Crippen molar-refractivity contribution in [2.24, 2.45) is 10.4 Å². The average Bonchev–Trinajstić information content (AvgIpc) is 2.41. The fourth-order valence-electron chi connectivity index (χ4n) is 2.48. The molecule has 0 saturated heterocycles. The zero-order valence-corrected chi connectivity index (χ0v) is 11.0. The first-order valence-corrected chi connectivity index (χ1v) is 6.99. The number of halogens is 1. The summed E-state index contributed by atoms with van der Waals surface area (Å²) in [6.45, 7) is 0.777. The maximum atomic E-state index is 6.13.